The van der Waals surface area contributed by atoms with Crippen LogP contribution in [0.15, 0.2) is 53.4 Å². The molecule has 0 bridgehead atoms. The van der Waals surface area contributed by atoms with Crippen LogP contribution in [-0.2, 0) is 10.0 Å². The number of hydrogen-bond acceptors (Lipinski definition) is 4. The topological polar surface area (TPSA) is 95.5 Å². The van der Waals surface area contributed by atoms with Gasteiger partial charge in [0.05, 0.1) is 10.5 Å². The van der Waals surface area contributed by atoms with Gasteiger partial charge in [0.1, 0.15) is 0 Å². The first-order valence-corrected chi connectivity index (χ1v) is 9.87. The van der Waals surface area contributed by atoms with Gasteiger partial charge in [0, 0.05) is 18.3 Å². The highest BCUT2D eigenvalue weighted by atomic mass is 32.2. The lowest BCUT2D eigenvalue weighted by atomic mass is 10.1. The smallest absolute Gasteiger partial charge is 0.337 e. The van der Waals surface area contributed by atoms with Crippen LogP contribution in [-0.4, -0.2) is 26.0 Å². The van der Waals surface area contributed by atoms with Gasteiger partial charge in [0.2, 0.25) is 10.0 Å². The summed E-state index contributed by atoms with van der Waals surface area (Å²) in [6.45, 7) is 5.98. The first kappa shape index (κ1) is 19.9. The Bertz CT molecular complexity index is 864. The molecule has 0 radical (unpaired) electrons. The van der Waals surface area contributed by atoms with Gasteiger partial charge in [-0.15, -0.1) is 0 Å². The van der Waals surface area contributed by atoms with Crippen LogP contribution in [0.25, 0.3) is 0 Å². The van der Waals surface area contributed by atoms with E-state index >= 15 is 0 Å². The van der Waals surface area contributed by atoms with E-state index < -0.39 is 16.0 Å². The van der Waals surface area contributed by atoms with Gasteiger partial charge < -0.3 is 10.4 Å². The van der Waals surface area contributed by atoms with E-state index in [-0.39, 0.29) is 29.0 Å². The van der Waals surface area contributed by atoms with Crippen molar-refractivity contribution in [1.29, 1.82) is 0 Å². The van der Waals surface area contributed by atoms with Gasteiger partial charge in [-0.05, 0) is 36.6 Å². The number of hydrogen-bond donors (Lipinski definition) is 3. The highest BCUT2D eigenvalue weighted by Crippen LogP contribution is 2.25. The second kappa shape index (κ2) is 8.33. The van der Waals surface area contributed by atoms with E-state index in [1.54, 1.807) is 0 Å². The van der Waals surface area contributed by atoms with Crippen molar-refractivity contribution in [2.45, 2.75) is 31.7 Å². The zero-order valence-electron chi connectivity index (χ0n) is 15.1. The minimum absolute atomic E-state index is 0.0616. The first-order valence-electron chi connectivity index (χ1n) is 8.39. The Morgan fingerprint density at radius 1 is 1.08 bits per heavy atom. The Kier molecular flexibility index (Phi) is 6.39. The molecule has 0 heterocycles. The monoisotopic (exact) mass is 376 g/mol. The molecule has 26 heavy (non-hydrogen) atoms. The third-order valence-electron chi connectivity index (χ3n) is 3.88. The summed E-state index contributed by atoms with van der Waals surface area (Å²) in [5.74, 6) is -1.04. The van der Waals surface area contributed by atoms with E-state index in [4.69, 9.17) is 0 Å². The van der Waals surface area contributed by atoms with Gasteiger partial charge in [-0.2, -0.15) is 0 Å². The van der Waals surface area contributed by atoms with Crippen molar-refractivity contribution < 1.29 is 18.3 Å². The quantitative estimate of drug-likeness (QED) is 0.655. The van der Waals surface area contributed by atoms with Crippen LogP contribution < -0.4 is 10.0 Å². The van der Waals surface area contributed by atoms with Gasteiger partial charge in [0.15, 0.2) is 0 Å². The van der Waals surface area contributed by atoms with E-state index in [2.05, 4.69) is 10.0 Å². The van der Waals surface area contributed by atoms with E-state index in [1.165, 1.54) is 18.2 Å². The lowest BCUT2D eigenvalue weighted by molar-refractivity contribution is 0.0697. The Morgan fingerprint density at radius 2 is 1.73 bits per heavy atom. The second-order valence-corrected chi connectivity index (χ2v) is 8.30. The summed E-state index contributed by atoms with van der Waals surface area (Å²) in [7, 11) is -3.75. The molecule has 3 N–H and O–H groups in total. The molecule has 2 aromatic carbocycles. The van der Waals surface area contributed by atoms with E-state index in [9.17, 15) is 18.3 Å². The second-order valence-electron chi connectivity index (χ2n) is 6.53. The molecule has 6 nitrogen and oxygen atoms in total. The summed E-state index contributed by atoms with van der Waals surface area (Å²) >= 11 is 0. The highest BCUT2D eigenvalue weighted by Gasteiger charge is 2.20. The van der Waals surface area contributed by atoms with Crippen LogP contribution in [0.5, 0.6) is 0 Å². The Hall–Kier alpha value is -2.38. The van der Waals surface area contributed by atoms with Gasteiger partial charge in [-0.1, -0.05) is 44.2 Å². The molecule has 2 aromatic rings. The molecule has 0 spiro atoms. The van der Waals surface area contributed by atoms with Gasteiger partial charge in [-0.25, -0.2) is 17.9 Å². The lowest BCUT2D eigenvalue weighted by Crippen LogP contribution is -2.27. The molecule has 7 heteroatoms. The van der Waals surface area contributed by atoms with Gasteiger partial charge in [0.25, 0.3) is 0 Å². The number of sulfonamides is 1. The average Bonchev–Trinajstić information content (AvgIpc) is 2.60. The fraction of sp³-hybridized carbons (Fsp3) is 0.316. The fourth-order valence-corrected chi connectivity index (χ4v) is 3.65. The maximum atomic E-state index is 12.3. The normalized spacial score (nSPS) is 12.8. The van der Waals surface area contributed by atoms with Crippen LogP contribution >= 0.6 is 0 Å². The van der Waals surface area contributed by atoms with Crippen LogP contribution in [0.2, 0.25) is 0 Å². The number of anilines is 1. The van der Waals surface area contributed by atoms with Crippen molar-refractivity contribution in [2.24, 2.45) is 5.92 Å². The molecular formula is C19H24N2O4S. The number of rotatable bonds is 8. The maximum absolute atomic E-state index is 12.3. The van der Waals surface area contributed by atoms with Gasteiger partial charge in [-0.3, -0.25) is 0 Å². The van der Waals surface area contributed by atoms with Crippen LogP contribution in [0.3, 0.4) is 0 Å². The predicted molar refractivity (Wildman–Crippen MR) is 102 cm³/mol. The third-order valence-corrected chi connectivity index (χ3v) is 5.31. The Labute approximate surface area is 154 Å². The Morgan fingerprint density at radius 3 is 2.31 bits per heavy atom. The average molecular weight is 376 g/mol. The van der Waals surface area contributed by atoms with Crippen molar-refractivity contribution in [1.82, 2.24) is 4.72 Å². The molecule has 0 aliphatic rings. The van der Waals surface area contributed by atoms with Crippen molar-refractivity contribution >= 4 is 21.7 Å². The minimum atomic E-state index is -3.75. The summed E-state index contributed by atoms with van der Waals surface area (Å²) in [6.07, 6.45) is 0. The van der Waals surface area contributed by atoms with Crippen molar-refractivity contribution in [2.75, 3.05) is 11.9 Å². The lowest BCUT2D eigenvalue weighted by Gasteiger charge is -2.18. The number of carboxylic acids is 1. The van der Waals surface area contributed by atoms with Crippen LogP contribution in [0, 0.1) is 5.92 Å². The standard InChI is InChI=1S/C19H24N2O4S/c1-13(2)12-20-26(24,25)16-9-10-18(17(11-16)19(22)23)21-14(3)15-7-5-4-6-8-15/h4-11,13-14,20-21H,12H2,1-3H3,(H,22,23)/t14-/m0/s1. The molecule has 0 aliphatic carbocycles. The predicted octanol–water partition coefficient (Wildman–Crippen LogP) is 3.49. The largest absolute Gasteiger partial charge is 0.478 e. The summed E-state index contributed by atoms with van der Waals surface area (Å²) in [5.41, 5.74) is 1.29. The summed E-state index contributed by atoms with van der Waals surface area (Å²) < 4.78 is 27.2. The van der Waals surface area contributed by atoms with Crippen molar-refractivity contribution in [3.8, 4) is 0 Å². The molecule has 0 unspecified atom stereocenters. The molecule has 0 saturated carbocycles. The molecule has 0 aromatic heterocycles. The van der Waals surface area contributed by atoms with E-state index in [0.717, 1.165) is 5.56 Å². The summed E-state index contributed by atoms with van der Waals surface area (Å²) in [4.78, 5) is 11.6. The summed E-state index contributed by atoms with van der Waals surface area (Å²) in [5, 5.41) is 12.6. The van der Waals surface area contributed by atoms with Gasteiger partial charge >= 0.3 is 5.97 Å². The SMILES string of the molecule is CC(C)CNS(=O)(=O)c1ccc(N[C@@H](C)c2ccccc2)c(C(=O)O)c1. The third kappa shape index (κ3) is 5.06. The number of aromatic carboxylic acids is 1. The molecular weight excluding hydrogens is 352 g/mol. The van der Waals surface area contributed by atoms with Crippen LogP contribution in [0.4, 0.5) is 5.69 Å². The first-order chi connectivity index (χ1) is 12.2. The molecule has 0 aliphatic heterocycles. The van der Waals surface area contributed by atoms with E-state index in [1.807, 2.05) is 51.1 Å². The molecule has 2 rings (SSSR count). The van der Waals surface area contributed by atoms with Crippen molar-refractivity contribution in [3.63, 3.8) is 0 Å². The molecule has 0 amide bonds. The van der Waals surface area contributed by atoms with Crippen LogP contribution in [0.1, 0.15) is 42.7 Å². The minimum Gasteiger partial charge on any atom is -0.478 e. The zero-order valence-corrected chi connectivity index (χ0v) is 15.9. The summed E-state index contributed by atoms with van der Waals surface area (Å²) in [6, 6.07) is 13.6. The number of nitrogens with one attached hydrogen (secondary N) is 2. The van der Waals surface area contributed by atoms with E-state index in [0.29, 0.717) is 5.69 Å². The molecule has 140 valence electrons. The molecule has 1 atom stereocenters. The van der Waals surface area contributed by atoms with Crippen molar-refractivity contribution in [3.05, 3.63) is 59.7 Å². The number of benzene rings is 2. The Balaban J connectivity index is 2.30. The number of carboxylic acid groups (broad SMARTS) is 1. The molecule has 0 saturated heterocycles. The highest BCUT2D eigenvalue weighted by molar-refractivity contribution is 7.89. The fourth-order valence-electron chi connectivity index (χ4n) is 2.41. The zero-order chi connectivity index (χ0) is 19.3. The maximum Gasteiger partial charge on any atom is 0.337 e. The number of carbonyl (C=O) groups is 1. The molecule has 0 fully saturated rings.